The highest BCUT2D eigenvalue weighted by Gasteiger charge is 2.58. The zero-order valence-corrected chi connectivity index (χ0v) is 50.0. The highest BCUT2D eigenvalue weighted by atomic mass is 28.4. The number of benzene rings is 1. The first-order valence-corrected chi connectivity index (χ1v) is 38.5. The largest absolute Gasteiger partial charge is 0.497 e. The maximum atomic E-state index is 13.3. The second-order valence-corrected chi connectivity index (χ2v) is 47.3. The highest BCUT2D eigenvalue weighted by molar-refractivity contribution is 6.75. The molecule has 7 nitrogen and oxygen atoms in total. The molecular weight excluding hydrogens is 877 g/mol. The molecule has 64 heavy (non-hydrogen) atoms. The summed E-state index contributed by atoms with van der Waals surface area (Å²) in [6.45, 7) is 48.4. The molecule has 0 fully saturated rings. The molecule has 0 heterocycles. The molecule has 2 aliphatic rings. The maximum Gasteiger partial charge on any atom is 0.194 e. The van der Waals surface area contributed by atoms with Crippen molar-refractivity contribution in [1.82, 2.24) is 0 Å². The van der Waals surface area contributed by atoms with Crippen molar-refractivity contribution in [2.45, 2.75) is 237 Å². The Morgan fingerprint density at radius 1 is 0.672 bits per heavy atom. The number of hydrogen-bond acceptors (Lipinski definition) is 7. The summed E-state index contributed by atoms with van der Waals surface area (Å²) in [6.07, 6.45) is 1.16. The van der Waals surface area contributed by atoms with Crippen LogP contribution in [0.5, 0.6) is 5.75 Å². The molecule has 12 heteroatoms. The quantitative estimate of drug-likeness (QED) is 0.0971. The molecule has 0 aromatic heterocycles. The van der Waals surface area contributed by atoms with Crippen molar-refractivity contribution in [3.05, 3.63) is 41.5 Å². The Labute approximate surface area is 399 Å². The van der Waals surface area contributed by atoms with Crippen LogP contribution in [-0.2, 0) is 28.6 Å². The van der Waals surface area contributed by atoms with Gasteiger partial charge in [0.1, 0.15) is 17.5 Å². The minimum absolute atomic E-state index is 0.00555. The number of fused-ring (bicyclic) bond motifs is 1. The summed E-state index contributed by atoms with van der Waals surface area (Å²) in [7, 11) is -10.3. The lowest BCUT2D eigenvalue weighted by atomic mass is 9.79. The molecule has 364 valence electrons. The average Bonchev–Trinajstić information content (AvgIpc) is 3.55. The van der Waals surface area contributed by atoms with E-state index in [1.807, 2.05) is 12.1 Å². The van der Waals surface area contributed by atoms with Gasteiger partial charge in [-0.05, 0) is 121 Å². The van der Waals surface area contributed by atoms with E-state index in [0.717, 1.165) is 53.2 Å². The van der Waals surface area contributed by atoms with Gasteiger partial charge < -0.3 is 32.0 Å². The molecule has 0 spiro atoms. The van der Waals surface area contributed by atoms with E-state index in [9.17, 15) is 5.11 Å². The van der Waals surface area contributed by atoms with E-state index in [4.69, 9.17) is 26.9 Å². The monoisotopic (exact) mass is 971 g/mol. The first kappa shape index (κ1) is 57.0. The summed E-state index contributed by atoms with van der Waals surface area (Å²) in [5.41, 5.74) is -0.495. The molecular formula is C52H94O7Si5. The fraction of sp³-hybridized carbons (Fsp3) is 0.769. The molecule has 1 aromatic rings. The smallest absolute Gasteiger partial charge is 0.194 e. The Bertz CT molecular complexity index is 1830. The van der Waals surface area contributed by atoms with Gasteiger partial charge in [-0.3, -0.25) is 0 Å². The Kier molecular flexibility index (Phi) is 18.9. The molecule has 0 amide bonds. The van der Waals surface area contributed by atoms with E-state index in [0.29, 0.717) is 19.4 Å². The SMILES string of the molecule is CC[Si](CC)(CC)O[C@H]1C#C[C@H](O)[C@](O[Si](CC)(CC)CC)([C@H](CO[Si](C)(C)C(C)(C)C)Cc2ccc(OC)cc2)C#CC2=C[C@@H](O[Si](C)(C)C(C)(C)C)C[C@@]21O[Si](C)(C)C(C)(C)C. The van der Waals surface area contributed by atoms with Crippen molar-refractivity contribution < 1.29 is 32.0 Å². The molecule has 0 radical (unpaired) electrons. The van der Waals surface area contributed by atoms with Gasteiger partial charge in [-0.1, -0.05) is 140 Å². The zero-order chi connectivity index (χ0) is 49.0. The lowest BCUT2D eigenvalue weighted by molar-refractivity contribution is -0.0472. The predicted octanol–water partition coefficient (Wildman–Crippen LogP) is 13.9. The second kappa shape index (κ2) is 21.2. The van der Waals surface area contributed by atoms with Gasteiger partial charge >= 0.3 is 0 Å². The standard InChI is InChI=1S/C52H94O7Si5/c1-23-63(24-2,25-3)57-47-34-33-46(53)51(59-64(26-4,27-5)28-6,43(40-55-60(17,18)48(7,8)9)37-41-29-31-44(54-16)32-30-41)36-35-42-38-45(56-61(19,20)49(10,11)12)39-52(42,47)58-62(21,22)50(13,14)15/h29-32,38,43,45-47,53H,23-28,37,39-40H2,1-22H3/t43-,45+,46-,47-,51+,52+/m0/s1. The van der Waals surface area contributed by atoms with Crippen LogP contribution in [-0.4, -0.2) is 89.9 Å². The van der Waals surface area contributed by atoms with Crippen LogP contribution in [0.1, 0.15) is 116 Å². The van der Waals surface area contributed by atoms with Crippen molar-refractivity contribution in [1.29, 1.82) is 0 Å². The number of aliphatic hydroxyl groups excluding tert-OH is 1. The van der Waals surface area contributed by atoms with Crippen LogP contribution < -0.4 is 4.74 Å². The van der Waals surface area contributed by atoms with Crippen LogP contribution in [0.2, 0.25) is 90.7 Å². The normalized spacial score (nSPS) is 24.3. The van der Waals surface area contributed by atoms with Crippen molar-refractivity contribution in [2.75, 3.05) is 13.7 Å². The van der Waals surface area contributed by atoms with Gasteiger partial charge in [0, 0.05) is 24.5 Å². The van der Waals surface area contributed by atoms with Crippen molar-refractivity contribution >= 4 is 41.6 Å². The molecule has 0 saturated carbocycles. The Balaban J connectivity index is 2.64. The summed E-state index contributed by atoms with van der Waals surface area (Å²) in [5, 5.41) is 13.1. The number of rotatable bonds is 21. The molecule has 1 aromatic carbocycles. The topological polar surface area (TPSA) is 75.6 Å². The maximum absolute atomic E-state index is 13.3. The van der Waals surface area contributed by atoms with E-state index in [1.165, 1.54) is 0 Å². The Morgan fingerprint density at radius 3 is 1.62 bits per heavy atom. The van der Waals surface area contributed by atoms with E-state index in [1.54, 1.807) is 7.11 Å². The molecule has 0 bridgehead atoms. The van der Waals surface area contributed by atoms with Gasteiger partial charge in [0.25, 0.3) is 0 Å². The minimum Gasteiger partial charge on any atom is -0.497 e. The third kappa shape index (κ3) is 12.5. The molecule has 1 N–H and O–H groups in total. The van der Waals surface area contributed by atoms with Crippen molar-refractivity contribution in [3.63, 3.8) is 0 Å². The van der Waals surface area contributed by atoms with Crippen LogP contribution in [0.3, 0.4) is 0 Å². The number of aliphatic hydroxyl groups is 1. The summed E-state index contributed by atoms with van der Waals surface area (Å²) < 4.78 is 43.6. The van der Waals surface area contributed by atoms with Gasteiger partial charge in [-0.25, -0.2) is 0 Å². The number of hydrogen-bond donors (Lipinski definition) is 1. The third-order valence-electron chi connectivity index (χ3n) is 16.7. The van der Waals surface area contributed by atoms with Crippen molar-refractivity contribution in [3.8, 4) is 29.4 Å². The van der Waals surface area contributed by atoms with Crippen LogP contribution in [0.15, 0.2) is 35.9 Å². The molecule has 0 aliphatic heterocycles. The molecule has 3 rings (SSSR count). The number of methoxy groups -OCH3 is 1. The van der Waals surface area contributed by atoms with Crippen LogP contribution in [0, 0.1) is 29.6 Å². The van der Waals surface area contributed by atoms with Gasteiger partial charge in [-0.15, -0.1) is 0 Å². The van der Waals surface area contributed by atoms with Gasteiger partial charge in [0.2, 0.25) is 0 Å². The summed E-state index contributed by atoms with van der Waals surface area (Å²) in [5.74, 6) is 15.4. The summed E-state index contributed by atoms with van der Waals surface area (Å²) >= 11 is 0. The second-order valence-electron chi connectivity index (χ2n) is 23.6. The average molecular weight is 972 g/mol. The zero-order valence-electron chi connectivity index (χ0n) is 45.0. The fourth-order valence-corrected chi connectivity index (χ4v) is 17.8. The van der Waals surface area contributed by atoms with E-state index < -0.39 is 65.0 Å². The van der Waals surface area contributed by atoms with Crippen LogP contribution in [0.4, 0.5) is 0 Å². The number of ether oxygens (including phenoxy) is 1. The molecule has 6 atom stereocenters. The first-order chi connectivity index (χ1) is 29.3. The third-order valence-corrected chi connectivity index (χ3v) is 39.4. The van der Waals surface area contributed by atoms with Crippen LogP contribution in [0.25, 0.3) is 0 Å². The lowest BCUT2D eigenvalue weighted by Gasteiger charge is -2.49. The minimum atomic E-state index is -2.55. The predicted molar refractivity (Wildman–Crippen MR) is 284 cm³/mol. The molecule has 2 aliphatic carbocycles. The fourth-order valence-electron chi connectivity index (χ4n) is 8.29. The highest BCUT2D eigenvalue weighted by Crippen LogP contribution is 2.50. The summed E-state index contributed by atoms with van der Waals surface area (Å²) in [6, 6.07) is 13.7. The lowest BCUT2D eigenvalue weighted by Crippen LogP contribution is -2.59. The van der Waals surface area contributed by atoms with Crippen LogP contribution >= 0.6 is 0 Å². The van der Waals surface area contributed by atoms with E-state index in [2.05, 4.69) is 185 Å². The summed E-state index contributed by atoms with van der Waals surface area (Å²) in [4.78, 5) is 0. The molecule has 0 unspecified atom stereocenters. The van der Waals surface area contributed by atoms with Gasteiger partial charge in [-0.2, -0.15) is 0 Å². The van der Waals surface area contributed by atoms with E-state index >= 15 is 0 Å². The first-order valence-electron chi connectivity index (χ1n) is 24.7. The van der Waals surface area contributed by atoms with Gasteiger partial charge in [0.05, 0.1) is 13.2 Å². The Hall–Kier alpha value is -1.28. The van der Waals surface area contributed by atoms with Gasteiger partial charge in [0.15, 0.2) is 53.3 Å². The van der Waals surface area contributed by atoms with Crippen molar-refractivity contribution in [2.24, 2.45) is 5.92 Å². The Morgan fingerprint density at radius 2 is 1.17 bits per heavy atom. The van der Waals surface area contributed by atoms with E-state index in [-0.39, 0.29) is 27.1 Å². The molecule has 0 saturated heterocycles.